The van der Waals surface area contributed by atoms with Crippen LogP contribution in [0.5, 0.6) is 0 Å². The third-order valence-electron chi connectivity index (χ3n) is 4.13. The number of halogens is 2. The minimum Gasteiger partial charge on any atom is -0.457 e. The van der Waals surface area contributed by atoms with Crippen molar-refractivity contribution in [3.63, 3.8) is 0 Å². The summed E-state index contributed by atoms with van der Waals surface area (Å²) >= 11 is 6.06. The minimum atomic E-state index is -3.75. The lowest BCUT2D eigenvalue weighted by Gasteiger charge is -2.17. The fourth-order valence-corrected chi connectivity index (χ4v) is 4.73. The van der Waals surface area contributed by atoms with E-state index in [0.717, 1.165) is 12.8 Å². The molecule has 0 unspecified atom stereocenters. The number of sulfonamides is 1. The summed E-state index contributed by atoms with van der Waals surface area (Å²) in [4.78, 5) is 12.1. The maximum atomic E-state index is 12.9. The number of ether oxygens (including phenoxy) is 1. The van der Waals surface area contributed by atoms with Crippen molar-refractivity contribution in [2.45, 2.75) is 24.3 Å². The molecule has 0 radical (unpaired) electrons. The Bertz CT molecular complexity index is 909. The zero-order valence-electron chi connectivity index (χ0n) is 13.8. The van der Waals surface area contributed by atoms with Gasteiger partial charge in [-0.2, -0.15) is 4.31 Å². The largest absolute Gasteiger partial charge is 0.457 e. The average molecular weight is 398 g/mol. The van der Waals surface area contributed by atoms with Crippen molar-refractivity contribution in [2.24, 2.45) is 0 Å². The first-order chi connectivity index (χ1) is 12.4. The molecule has 1 saturated heterocycles. The number of benzene rings is 2. The van der Waals surface area contributed by atoms with Gasteiger partial charge < -0.3 is 4.74 Å². The van der Waals surface area contributed by atoms with Crippen LogP contribution in [0.3, 0.4) is 0 Å². The van der Waals surface area contributed by atoms with Crippen LogP contribution in [0.15, 0.2) is 47.4 Å². The Kier molecular flexibility index (Phi) is 5.60. The Labute approximate surface area is 156 Å². The van der Waals surface area contributed by atoms with Crippen LogP contribution in [0.25, 0.3) is 0 Å². The molecule has 0 saturated carbocycles. The standard InChI is InChI=1S/C18H17ClFNO4S/c19-16-8-5-14(11-17(16)26(23,24)21-9-1-2-10-21)18(22)25-12-13-3-6-15(20)7-4-13/h3-8,11H,1-2,9-10,12H2. The van der Waals surface area contributed by atoms with E-state index in [1.165, 1.54) is 46.8 Å². The second-order valence-electron chi connectivity index (χ2n) is 5.96. The van der Waals surface area contributed by atoms with E-state index in [9.17, 15) is 17.6 Å². The van der Waals surface area contributed by atoms with Crippen molar-refractivity contribution < 1.29 is 22.3 Å². The molecule has 0 atom stereocenters. The van der Waals surface area contributed by atoms with Gasteiger partial charge in [-0.15, -0.1) is 0 Å². The molecule has 1 aliphatic heterocycles. The number of carbonyl (C=O) groups is 1. The number of carbonyl (C=O) groups excluding carboxylic acids is 1. The van der Waals surface area contributed by atoms with Gasteiger partial charge in [-0.1, -0.05) is 23.7 Å². The normalized spacial score (nSPS) is 15.2. The number of rotatable bonds is 5. The molecule has 8 heteroatoms. The lowest BCUT2D eigenvalue weighted by Crippen LogP contribution is -2.28. The molecular weight excluding hydrogens is 381 g/mol. The molecule has 1 aliphatic rings. The van der Waals surface area contributed by atoms with Crippen LogP contribution in [0.1, 0.15) is 28.8 Å². The maximum Gasteiger partial charge on any atom is 0.338 e. The van der Waals surface area contributed by atoms with Gasteiger partial charge in [-0.05, 0) is 48.7 Å². The van der Waals surface area contributed by atoms with Crippen molar-refractivity contribution in [2.75, 3.05) is 13.1 Å². The fraction of sp³-hybridized carbons (Fsp3) is 0.278. The van der Waals surface area contributed by atoms with Gasteiger partial charge in [-0.25, -0.2) is 17.6 Å². The molecule has 0 aromatic heterocycles. The zero-order valence-corrected chi connectivity index (χ0v) is 15.4. The van der Waals surface area contributed by atoms with E-state index in [-0.39, 0.29) is 27.9 Å². The molecule has 5 nitrogen and oxygen atoms in total. The summed E-state index contributed by atoms with van der Waals surface area (Å²) in [6, 6.07) is 9.58. The van der Waals surface area contributed by atoms with Gasteiger partial charge in [0.05, 0.1) is 10.6 Å². The van der Waals surface area contributed by atoms with Crippen molar-refractivity contribution in [1.29, 1.82) is 0 Å². The lowest BCUT2D eigenvalue weighted by atomic mass is 10.2. The van der Waals surface area contributed by atoms with Crippen LogP contribution in [0.4, 0.5) is 4.39 Å². The van der Waals surface area contributed by atoms with Gasteiger partial charge in [0, 0.05) is 13.1 Å². The third kappa shape index (κ3) is 4.06. The number of nitrogens with zero attached hydrogens (tertiary/aromatic N) is 1. The van der Waals surface area contributed by atoms with Crippen LogP contribution in [0.2, 0.25) is 5.02 Å². The Balaban J connectivity index is 1.78. The molecule has 1 heterocycles. The molecule has 138 valence electrons. The Morgan fingerprint density at radius 1 is 1.12 bits per heavy atom. The summed E-state index contributed by atoms with van der Waals surface area (Å²) in [6.07, 6.45) is 1.60. The number of esters is 1. The fourth-order valence-electron chi connectivity index (χ4n) is 2.71. The van der Waals surface area contributed by atoms with Gasteiger partial charge in [0.25, 0.3) is 0 Å². The quantitative estimate of drug-likeness (QED) is 0.723. The highest BCUT2D eigenvalue weighted by Crippen LogP contribution is 2.28. The first-order valence-corrected chi connectivity index (χ1v) is 9.91. The van der Waals surface area contributed by atoms with Crippen molar-refractivity contribution in [3.05, 3.63) is 64.4 Å². The Morgan fingerprint density at radius 2 is 1.77 bits per heavy atom. The topological polar surface area (TPSA) is 63.7 Å². The van der Waals surface area contributed by atoms with E-state index in [4.69, 9.17) is 16.3 Å². The molecule has 3 rings (SSSR count). The maximum absolute atomic E-state index is 12.9. The monoisotopic (exact) mass is 397 g/mol. The first kappa shape index (κ1) is 18.8. The predicted octanol–water partition coefficient (Wildman–Crippen LogP) is 3.62. The molecule has 2 aromatic rings. The molecule has 0 spiro atoms. The van der Waals surface area contributed by atoms with E-state index in [2.05, 4.69) is 0 Å². The predicted molar refractivity (Wildman–Crippen MR) is 95.0 cm³/mol. The van der Waals surface area contributed by atoms with Crippen LogP contribution < -0.4 is 0 Å². The first-order valence-electron chi connectivity index (χ1n) is 8.09. The molecule has 0 N–H and O–H groups in total. The SMILES string of the molecule is O=C(OCc1ccc(F)cc1)c1ccc(Cl)c(S(=O)(=O)N2CCCC2)c1. The van der Waals surface area contributed by atoms with E-state index in [1.54, 1.807) is 0 Å². The summed E-state index contributed by atoms with van der Waals surface area (Å²) in [6.45, 7) is 0.839. The summed E-state index contributed by atoms with van der Waals surface area (Å²) in [5.41, 5.74) is 0.716. The third-order valence-corrected chi connectivity index (χ3v) is 6.51. The van der Waals surface area contributed by atoms with E-state index in [0.29, 0.717) is 18.7 Å². The molecular formula is C18H17ClFNO4S. The van der Waals surface area contributed by atoms with Crippen molar-refractivity contribution in [3.8, 4) is 0 Å². The van der Waals surface area contributed by atoms with Crippen molar-refractivity contribution in [1.82, 2.24) is 4.31 Å². The zero-order chi connectivity index (χ0) is 18.7. The minimum absolute atomic E-state index is 0.0457. The summed E-state index contributed by atoms with van der Waals surface area (Å²) < 4.78 is 44.8. The summed E-state index contributed by atoms with van der Waals surface area (Å²) in [7, 11) is -3.75. The molecule has 0 bridgehead atoms. The van der Waals surface area contributed by atoms with E-state index < -0.39 is 16.0 Å². The highest BCUT2D eigenvalue weighted by molar-refractivity contribution is 7.89. The molecule has 0 aliphatic carbocycles. The summed E-state index contributed by atoms with van der Waals surface area (Å²) in [5, 5.41) is 0.0620. The highest BCUT2D eigenvalue weighted by atomic mass is 35.5. The number of hydrogen-bond donors (Lipinski definition) is 0. The second kappa shape index (κ2) is 7.73. The second-order valence-corrected chi connectivity index (χ2v) is 8.27. The van der Waals surface area contributed by atoms with E-state index >= 15 is 0 Å². The molecule has 1 fully saturated rings. The molecule has 0 amide bonds. The van der Waals surface area contributed by atoms with Crippen LogP contribution >= 0.6 is 11.6 Å². The van der Waals surface area contributed by atoms with Crippen LogP contribution in [0, 0.1) is 5.82 Å². The van der Waals surface area contributed by atoms with Gasteiger partial charge >= 0.3 is 5.97 Å². The van der Waals surface area contributed by atoms with Gasteiger partial charge in [0.1, 0.15) is 17.3 Å². The van der Waals surface area contributed by atoms with Gasteiger partial charge in [0.15, 0.2) is 0 Å². The van der Waals surface area contributed by atoms with Crippen LogP contribution in [-0.4, -0.2) is 31.8 Å². The van der Waals surface area contributed by atoms with Gasteiger partial charge in [-0.3, -0.25) is 0 Å². The van der Waals surface area contributed by atoms with E-state index in [1.807, 2.05) is 0 Å². The molecule has 2 aromatic carbocycles. The molecule has 26 heavy (non-hydrogen) atoms. The van der Waals surface area contributed by atoms with Crippen LogP contribution in [-0.2, 0) is 21.4 Å². The Hall–Kier alpha value is -1.96. The summed E-state index contributed by atoms with van der Waals surface area (Å²) in [5.74, 6) is -1.06. The number of hydrogen-bond acceptors (Lipinski definition) is 4. The smallest absolute Gasteiger partial charge is 0.338 e. The average Bonchev–Trinajstić information content (AvgIpc) is 3.17. The lowest BCUT2D eigenvalue weighted by molar-refractivity contribution is 0.0472. The van der Waals surface area contributed by atoms with Gasteiger partial charge in [0.2, 0.25) is 10.0 Å². The van der Waals surface area contributed by atoms with Crippen molar-refractivity contribution >= 4 is 27.6 Å². The highest BCUT2D eigenvalue weighted by Gasteiger charge is 2.29. The Morgan fingerprint density at radius 3 is 2.42 bits per heavy atom.